The number of nitrogen functional groups attached to an aromatic ring is 1. The second kappa shape index (κ2) is 5.21. The monoisotopic (exact) mass is 286 g/mol. The molecule has 0 spiro atoms. The fourth-order valence-corrected chi connectivity index (χ4v) is 2.78. The lowest BCUT2D eigenvalue weighted by atomic mass is 10.0. The van der Waals surface area contributed by atoms with Crippen molar-refractivity contribution in [3.63, 3.8) is 0 Å². The summed E-state index contributed by atoms with van der Waals surface area (Å²) in [6, 6.07) is 5.34. The lowest BCUT2D eigenvalue weighted by Gasteiger charge is -2.16. The molecule has 0 saturated carbocycles. The van der Waals surface area contributed by atoms with Crippen molar-refractivity contribution in [1.82, 2.24) is 14.9 Å². The Morgan fingerprint density at radius 1 is 1.48 bits per heavy atom. The summed E-state index contributed by atoms with van der Waals surface area (Å²) in [4.78, 5) is 16.4. The quantitative estimate of drug-likeness (QED) is 0.767. The average molecular weight is 286 g/mol. The molecule has 4 N–H and O–H groups in total. The number of benzene rings is 1. The number of aromatic hydroxyl groups is 1. The van der Waals surface area contributed by atoms with E-state index in [0.717, 1.165) is 25.1 Å². The Morgan fingerprint density at radius 3 is 2.95 bits per heavy atom. The second-order valence-corrected chi connectivity index (χ2v) is 5.34. The van der Waals surface area contributed by atoms with Crippen LogP contribution in [-0.4, -0.2) is 27.7 Å². The molecule has 0 radical (unpaired) electrons. The Hall–Kier alpha value is -2.34. The number of phenols is 1. The molecule has 1 aliphatic heterocycles. The molecule has 1 fully saturated rings. The predicted molar refractivity (Wildman–Crippen MR) is 81.3 cm³/mol. The molecule has 1 saturated heterocycles. The van der Waals surface area contributed by atoms with E-state index in [4.69, 9.17) is 5.73 Å². The Balaban J connectivity index is 2.18. The number of hydrogen-bond donors (Lipinski definition) is 3. The molecule has 21 heavy (non-hydrogen) atoms. The van der Waals surface area contributed by atoms with Crippen molar-refractivity contribution >= 4 is 5.82 Å². The van der Waals surface area contributed by atoms with Crippen LogP contribution in [0.25, 0.3) is 11.3 Å². The van der Waals surface area contributed by atoms with Gasteiger partial charge in [0.05, 0.1) is 11.7 Å². The van der Waals surface area contributed by atoms with Crippen LogP contribution in [0.15, 0.2) is 29.2 Å². The number of nitrogens with one attached hydrogen (secondary N) is 1. The third-order valence-electron chi connectivity index (χ3n) is 3.89. The summed E-state index contributed by atoms with van der Waals surface area (Å²) in [5.74, 6) is 0.0960. The van der Waals surface area contributed by atoms with E-state index in [1.54, 1.807) is 22.9 Å². The minimum absolute atomic E-state index is 0.0398. The lowest BCUT2D eigenvalue weighted by molar-refractivity contribution is 0.476. The summed E-state index contributed by atoms with van der Waals surface area (Å²) in [6.07, 6.45) is 2.57. The number of rotatable bonds is 2. The minimum Gasteiger partial charge on any atom is -0.507 e. The fourth-order valence-electron chi connectivity index (χ4n) is 2.78. The maximum absolute atomic E-state index is 12.2. The Bertz CT molecular complexity index is 713. The van der Waals surface area contributed by atoms with Crippen LogP contribution in [0, 0.1) is 6.92 Å². The van der Waals surface area contributed by atoms with Gasteiger partial charge in [0.2, 0.25) is 0 Å². The van der Waals surface area contributed by atoms with Crippen molar-refractivity contribution in [2.45, 2.75) is 19.4 Å². The van der Waals surface area contributed by atoms with Crippen LogP contribution in [-0.2, 0) is 0 Å². The van der Waals surface area contributed by atoms with E-state index in [9.17, 15) is 9.90 Å². The van der Waals surface area contributed by atoms with Gasteiger partial charge in [-0.25, -0.2) is 4.98 Å². The standard InChI is InChI=1S/C15H18N4O2/c1-9-3-2-4-12(20)13(9)11-8-19(10-5-6-17-7-10)15(21)14(16)18-11/h2-4,8,10,17,20H,5-7H2,1H3,(H2,16,18). The van der Waals surface area contributed by atoms with Gasteiger partial charge in [0, 0.05) is 18.3 Å². The van der Waals surface area contributed by atoms with Gasteiger partial charge in [-0.1, -0.05) is 12.1 Å². The molecule has 0 amide bonds. The molecule has 1 aliphatic rings. The zero-order valence-corrected chi connectivity index (χ0v) is 11.8. The molecule has 1 atom stereocenters. The first-order valence-corrected chi connectivity index (χ1v) is 6.96. The molecule has 3 rings (SSSR count). The number of nitrogens with two attached hydrogens (primary N) is 1. The zero-order chi connectivity index (χ0) is 15.0. The number of nitrogens with zero attached hydrogens (tertiary/aromatic N) is 2. The average Bonchev–Trinajstić information content (AvgIpc) is 2.96. The maximum Gasteiger partial charge on any atom is 0.293 e. The summed E-state index contributed by atoms with van der Waals surface area (Å²) in [7, 11) is 0. The van der Waals surface area contributed by atoms with Gasteiger partial charge < -0.3 is 20.7 Å². The molecule has 6 heteroatoms. The van der Waals surface area contributed by atoms with Gasteiger partial charge in [-0.3, -0.25) is 4.79 Å². The fraction of sp³-hybridized carbons (Fsp3) is 0.333. The Kier molecular flexibility index (Phi) is 3.39. The molecule has 0 bridgehead atoms. The molecule has 0 aliphatic carbocycles. The van der Waals surface area contributed by atoms with E-state index in [0.29, 0.717) is 11.3 Å². The second-order valence-electron chi connectivity index (χ2n) is 5.34. The van der Waals surface area contributed by atoms with Crippen molar-refractivity contribution in [2.75, 3.05) is 18.8 Å². The molecular formula is C15H18N4O2. The highest BCUT2D eigenvalue weighted by molar-refractivity contribution is 5.70. The van der Waals surface area contributed by atoms with Crippen LogP contribution in [0.4, 0.5) is 5.82 Å². The van der Waals surface area contributed by atoms with Crippen LogP contribution in [0.5, 0.6) is 5.75 Å². The summed E-state index contributed by atoms with van der Waals surface area (Å²) < 4.78 is 1.63. The van der Waals surface area contributed by atoms with Crippen molar-refractivity contribution < 1.29 is 5.11 Å². The normalized spacial score (nSPS) is 18.0. The van der Waals surface area contributed by atoms with Crippen molar-refractivity contribution in [3.05, 3.63) is 40.3 Å². The van der Waals surface area contributed by atoms with Gasteiger partial charge in [-0.15, -0.1) is 0 Å². The molecule has 1 aromatic heterocycles. The van der Waals surface area contributed by atoms with Crippen molar-refractivity contribution in [3.8, 4) is 17.0 Å². The SMILES string of the molecule is Cc1cccc(O)c1-c1cn(C2CCNC2)c(=O)c(N)n1. The maximum atomic E-state index is 12.2. The van der Waals surface area contributed by atoms with Gasteiger partial charge in [0.15, 0.2) is 5.82 Å². The smallest absolute Gasteiger partial charge is 0.293 e. The van der Waals surface area contributed by atoms with E-state index in [1.807, 2.05) is 13.0 Å². The number of aromatic nitrogens is 2. The highest BCUT2D eigenvalue weighted by Gasteiger charge is 2.21. The van der Waals surface area contributed by atoms with Crippen LogP contribution >= 0.6 is 0 Å². The minimum atomic E-state index is -0.277. The van der Waals surface area contributed by atoms with Gasteiger partial charge in [-0.2, -0.15) is 0 Å². The number of aryl methyl sites for hydroxylation is 1. The summed E-state index contributed by atoms with van der Waals surface area (Å²) in [5, 5.41) is 13.3. The van der Waals surface area contributed by atoms with E-state index in [-0.39, 0.29) is 23.2 Å². The molecule has 1 unspecified atom stereocenters. The summed E-state index contributed by atoms with van der Waals surface area (Å²) >= 11 is 0. The molecular weight excluding hydrogens is 268 g/mol. The Morgan fingerprint density at radius 2 is 2.29 bits per heavy atom. The van der Waals surface area contributed by atoms with Crippen LogP contribution in [0.2, 0.25) is 0 Å². The van der Waals surface area contributed by atoms with Crippen LogP contribution < -0.4 is 16.6 Å². The van der Waals surface area contributed by atoms with E-state index >= 15 is 0 Å². The number of anilines is 1. The van der Waals surface area contributed by atoms with E-state index in [1.165, 1.54) is 0 Å². The van der Waals surface area contributed by atoms with E-state index in [2.05, 4.69) is 10.3 Å². The van der Waals surface area contributed by atoms with Gasteiger partial charge in [0.25, 0.3) is 5.56 Å². The molecule has 2 aromatic rings. The number of hydrogen-bond acceptors (Lipinski definition) is 5. The largest absolute Gasteiger partial charge is 0.507 e. The number of phenolic OH excluding ortho intramolecular Hbond substituents is 1. The topological polar surface area (TPSA) is 93.2 Å². The van der Waals surface area contributed by atoms with Crippen molar-refractivity contribution in [2.24, 2.45) is 0 Å². The van der Waals surface area contributed by atoms with E-state index < -0.39 is 0 Å². The highest BCUT2D eigenvalue weighted by Crippen LogP contribution is 2.31. The Labute approximate surface area is 122 Å². The van der Waals surface area contributed by atoms with Crippen molar-refractivity contribution in [1.29, 1.82) is 0 Å². The molecule has 6 nitrogen and oxygen atoms in total. The van der Waals surface area contributed by atoms with Crippen LogP contribution in [0.3, 0.4) is 0 Å². The molecule has 110 valence electrons. The predicted octanol–water partition coefficient (Wildman–Crippen LogP) is 1.04. The first kappa shape index (κ1) is 13.6. The molecule has 2 heterocycles. The van der Waals surface area contributed by atoms with Gasteiger partial charge in [0.1, 0.15) is 5.75 Å². The first-order chi connectivity index (χ1) is 10.1. The highest BCUT2D eigenvalue weighted by atomic mass is 16.3. The lowest BCUT2D eigenvalue weighted by Crippen LogP contribution is -2.29. The summed E-state index contributed by atoms with van der Waals surface area (Å²) in [6.45, 7) is 3.51. The van der Waals surface area contributed by atoms with Crippen LogP contribution in [0.1, 0.15) is 18.0 Å². The van der Waals surface area contributed by atoms with Gasteiger partial charge in [-0.05, 0) is 31.5 Å². The third-order valence-corrected chi connectivity index (χ3v) is 3.89. The first-order valence-electron chi connectivity index (χ1n) is 6.96. The summed E-state index contributed by atoms with van der Waals surface area (Å²) in [5.41, 5.74) is 7.53. The zero-order valence-electron chi connectivity index (χ0n) is 11.8. The molecule has 1 aromatic carbocycles. The third kappa shape index (κ3) is 2.38. The van der Waals surface area contributed by atoms with Gasteiger partial charge >= 0.3 is 0 Å².